The Labute approximate surface area is 105 Å². The molecule has 11 nitrogen and oxygen atoms in total. The van der Waals surface area contributed by atoms with E-state index in [1.54, 1.807) is 10.6 Å². The molecule has 0 aromatic carbocycles. The number of hydrogen-bond donors (Lipinski definition) is 6. The Morgan fingerprint density at radius 1 is 0.842 bits per heavy atom. The highest BCUT2D eigenvalue weighted by atomic mass is 16.6. The van der Waals surface area contributed by atoms with E-state index in [9.17, 15) is 19.2 Å². The summed E-state index contributed by atoms with van der Waals surface area (Å²) >= 11 is 0. The lowest BCUT2D eigenvalue weighted by atomic mass is 10.3. The van der Waals surface area contributed by atoms with Crippen LogP contribution < -0.4 is 10.6 Å². The molecule has 11 heteroatoms. The smallest absolute Gasteiger partial charge is 0.405 e. The number of aliphatic hydroxyl groups is 2. The quantitative estimate of drug-likeness (QED) is 0.223. The van der Waals surface area contributed by atoms with E-state index in [0.717, 1.165) is 0 Å². The van der Waals surface area contributed by atoms with Crippen molar-refractivity contribution in [2.24, 2.45) is 0 Å². The zero-order chi connectivity index (χ0) is 15.0. The van der Waals surface area contributed by atoms with Crippen LogP contribution in [0, 0.1) is 0 Å². The van der Waals surface area contributed by atoms with Crippen molar-refractivity contribution in [3.05, 3.63) is 0 Å². The van der Waals surface area contributed by atoms with E-state index in [0.29, 0.717) is 0 Å². The average Bonchev–Trinajstić information content (AvgIpc) is 2.31. The van der Waals surface area contributed by atoms with Crippen molar-refractivity contribution in [1.82, 2.24) is 10.6 Å². The first-order valence-corrected chi connectivity index (χ1v) is 4.78. The molecule has 0 aliphatic carbocycles. The maximum Gasteiger partial charge on any atom is 0.405 e. The summed E-state index contributed by atoms with van der Waals surface area (Å²) in [6.45, 7) is -1.93. The molecule has 0 fully saturated rings. The minimum Gasteiger partial charge on any atom is -0.465 e. The van der Waals surface area contributed by atoms with E-state index in [4.69, 9.17) is 20.4 Å². The van der Waals surface area contributed by atoms with Gasteiger partial charge in [0.05, 0.1) is 13.2 Å². The van der Waals surface area contributed by atoms with Gasteiger partial charge in [0.2, 0.25) is 0 Å². The summed E-state index contributed by atoms with van der Waals surface area (Å²) in [7, 11) is 0. The Hall–Kier alpha value is -2.40. The highest BCUT2D eigenvalue weighted by Crippen LogP contribution is 1.94. The van der Waals surface area contributed by atoms with Crippen LogP contribution >= 0.6 is 0 Å². The van der Waals surface area contributed by atoms with Gasteiger partial charge in [0.15, 0.2) is 12.1 Å². The van der Waals surface area contributed by atoms with Crippen LogP contribution in [0.5, 0.6) is 0 Å². The van der Waals surface area contributed by atoms with Gasteiger partial charge < -0.3 is 35.8 Å². The van der Waals surface area contributed by atoms with Gasteiger partial charge in [-0.2, -0.15) is 0 Å². The van der Waals surface area contributed by atoms with Gasteiger partial charge in [-0.1, -0.05) is 0 Å². The van der Waals surface area contributed by atoms with Gasteiger partial charge in [0.1, 0.15) is 0 Å². The molecule has 0 rings (SSSR count). The summed E-state index contributed by atoms with van der Waals surface area (Å²) in [5, 5.41) is 37.2. The van der Waals surface area contributed by atoms with Gasteiger partial charge in [0, 0.05) is 0 Å². The highest BCUT2D eigenvalue weighted by molar-refractivity contribution is 5.93. The predicted molar refractivity (Wildman–Crippen MR) is 55.2 cm³/mol. The van der Waals surface area contributed by atoms with Crippen molar-refractivity contribution in [2.45, 2.75) is 12.1 Å². The second-order valence-electron chi connectivity index (χ2n) is 3.11. The molecular weight excluding hydrogens is 268 g/mol. The number of aliphatic hydroxyl groups excluding tert-OH is 2. The van der Waals surface area contributed by atoms with Crippen LogP contribution in [0.4, 0.5) is 9.59 Å². The van der Waals surface area contributed by atoms with E-state index in [1.807, 2.05) is 0 Å². The van der Waals surface area contributed by atoms with Crippen molar-refractivity contribution in [3.8, 4) is 0 Å². The third-order valence-corrected chi connectivity index (χ3v) is 1.73. The summed E-state index contributed by atoms with van der Waals surface area (Å²) in [6.07, 6.45) is -3.27. The number of nitrogens with one attached hydrogen (secondary N) is 2. The fraction of sp³-hybridized carbons (Fsp3) is 0.500. The van der Waals surface area contributed by atoms with Gasteiger partial charge in [0.25, 0.3) is 0 Å². The zero-order valence-electron chi connectivity index (χ0n) is 9.40. The fourth-order valence-corrected chi connectivity index (χ4v) is 0.898. The second kappa shape index (κ2) is 7.84. The lowest BCUT2D eigenvalue weighted by Crippen LogP contribution is -2.48. The molecule has 0 radical (unpaired) electrons. The standard InChI is InChI=1S/C8H12N2O9/c11-1-3(9-7(15)16)5(13)19-6(14)4(2-12)10-8(17)18/h3-4,9-12H,1-2H2,(H,15,16)(H,17,18). The third kappa shape index (κ3) is 6.18. The molecule has 19 heavy (non-hydrogen) atoms. The number of carboxylic acid groups (broad SMARTS) is 2. The summed E-state index contributed by atoms with van der Waals surface area (Å²) in [4.78, 5) is 43.0. The molecular formula is C8H12N2O9. The molecule has 2 atom stereocenters. The van der Waals surface area contributed by atoms with Crippen LogP contribution in [0.25, 0.3) is 0 Å². The Morgan fingerprint density at radius 3 is 1.37 bits per heavy atom. The van der Waals surface area contributed by atoms with Crippen molar-refractivity contribution < 1.29 is 44.3 Å². The molecule has 0 heterocycles. The Morgan fingerprint density at radius 2 is 1.16 bits per heavy atom. The molecule has 0 saturated heterocycles. The van der Waals surface area contributed by atoms with Crippen LogP contribution in [0.3, 0.4) is 0 Å². The van der Waals surface area contributed by atoms with E-state index in [-0.39, 0.29) is 0 Å². The van der Waals surface area contributed by atoms with Crippen molar-refractivity contribution >= 4 is 24.1 Å². The number of hydrogen-bond acceptors (Lipinski definition) is 7. The Kier molecular flexibility index (Phi) is 6.85. The SMILES string of the molecule is O=C(O)NC(CO)C(=O)OC(=O)C(CO)NC(=O)O. The minimum atomic E-state index is -1.70. The lowest BCUT2D eigenvalue weighted by molar-refractivity contribution is -0.163. The first-order valence-electron chi connectivity index (χ1n) is 4.78. The van der Waals surface area contributed by atoms with Gasteiger partial charge in [-0.3, -0.25) is 0 Å². The van der Waals surface area contributed by atoms with Crippen LogP contribution in [-0.4, -0.2) is 69.8 Å². The number of rotatable bonds is 6. The largest absolute Gasteiger partial charge is 0.465 e. The summed E-state index contributed by atoms with van der Waals surface area (Å²) in [6, 6.07) is -3.41. The predicted octanol–water partition coefficient (Wildman–Crippen LogP) is -2.69. The van der Waals surface area contributed by atoms with Gasteiger partial charge in [-0.15, -0.1) is 0 Å². The zero-order valence-corrected chi connectivity index (χ0v) is 9.40. The number of ether oxygens (including phenoxy) is 1. The molecule has 0 aromatic heterocycles. The number of amides is 2. The molecule has 0 aliphatic rings. The molecule has 6 N–H and O–H groups in total. The molecule has 0 aliphatic heterocycles. The average molecular weight is 280 g/mol. The topological polar surface area (TPSA) is 182 Å². The highest BCUT2D eigenvalue weighted by Gasteiger charge is 2.28. The Bertz CT molecular complexity index is 335. The van der Waals surface area contributed by atoms with Crippen LogP contribution in [0.1, 0.15) is 0 Å². The summed E-state index contributed by atoms with van der Waals surface area (Å²) < 4.78 is 4.11. The maximum absolute atomic E-state index is 11.2. The fourth-order valence-electron chi connectivity index (χ4n) is 0.898. The number of carbonyl (C=O) groups excluding carboxylic acids is 2. The number of carbonyl (C=O) groups is 4. The van der Waals surface area contributed by atoms with Crippen LogP contribution in [0.2, 0.25) is 0 Å². The second-order valence-corrected chi connectivity index (χ2v) is 3.11. The van der Waals surface area contributed by atoms with E-state index in [1.165, 1.54) is 0 Å². The molecule has 108 valence electrons. The van der Waals surface area contributed by atoms with Gasteiger partial charge in [-0.05, 0) is 0 Å². The molecule has 2 unspecified atom stereocenters. The molecule has 2 amide bonds. The van der Waals surface area contributed by atoms with E-state index < -0.39 is 49.4 Å². The first kappa shape index (κ1) is 16.6. The Balaban J connectivity index is 4.55. The van der Waals surface area contributed by atoms with Crippen LogP contribution in [0.15, 0.2) is 0 Å². The minimum absolute atomic E-state index is 0.964. The van der Waals surface area contributed by atoms with Crippen molar-refractivity contribution in [1.29, 1.82) is 0 Å². The third-order valence-electron chi connectivity index (χ3n) is 1.73. The number of esters is 2. The van der Waals surface area contributed by atoms with Crippen molar-refractivity contribution in [2.75, 3.05) is 13.2 Å². The van der Waals surface area contributed by atoms with Crippen LogP contribution in [-0.2, 0) is 14.3 Å². The van der Waals surface area contributed by atoms with Crippen molar-refractivity contribution in [3.63, 3.8) is 0 Å². The summed E-state index contributed by atoms with van der Waals surface area (Å²) in [5.41, 5.74) is 0. The monoisotopic (exact) mass is 280 g/mol. The van der Waals surface area contributed by atoms with Gasteiger partial charge in [-0.25, -0.2) is 19.2 Å². The first-order chi connectivity index (χ1) is 8.81. The molecule has 0 saturated carbocycles. The molecule has 0 spiro atoms. The van der Waals surface area contributed by atoms with E-state index >= 15 is 0 Å². The maximum atomic E-state index is 11.2. The summed E-state index contributed by atoms with van der Waals surface area (Å²) in [5.74, 6) is -2.86. The lowest BCUT2D eigenvalue weighted by Gasteiger charge is -2.15. The normalized spacial score (nSPS) is 12.9. The van der Waals surface area contributed by atoms with E-state index in [2.05, 4.69) is 4.74 Å². The molecule has 0 bridgehead atoms. The molecule has 0 aromatic rings. The van der Waals surface area contributed by atoms with Gasteiger partial charge >= 0.3 is 24.1 Å².